The first-order chi connectivity index (χ1) is 8.58. The molecule has 0 aliphatic carbocycles. The molecule has 0 radical (unpaired) electrons. The molecule has 2 atom stereocenters. The van der Waals surface area contributed by atoms with Crippen LogP contribution in [0.4, 0.5) is 5.69 Å². The maximum atomic E-state index is 5.88. The lowest BCUT2D eigenvalue weighted by Crippen LogP contribution is -2.45. The number of nitrogens with two attached hydrogens (primary N) is 1. The molecular formula is C15H25N3. The van der Waals surface area contributed by atoms with Crippen LogP contribution in [0.15, 0.2) is 24.3 Å². The number of piperidine rings is 1. The number of likely N-dealkylation sites (N-methyl/N-ethyl adjacent to an activating group) is 1. The Morgan fingerprint density at radius 2 is 1.94 bits per heavy atom. The second kappa shape index (κ2) is 5.72. The lowest BCUT2D eigenvalue weighted by molar-refractivity contribution is 0.258. The van der Waals surface area contributed by atoms with Crippen molar-refractivity contribution in [2.45, 2.75) is 31.8 Å². The van der Waals surface area contributed by atoms with Crippen molar-refractivity contribution in [3.63, 3.8) is 0 Å². The van der Waals surface area contributed by atoms with Gasteiger partial charge in [0.1, 0.15) is 0 Å². The largest absolute Gasteiger partial charge is 0.370 e. The minimum atomic E-state index is 0.120. The summed E-state index contributed by atoms with van der Waals surface area (Å²) in [5.41, 5.74) is 8.42. The fourth-order valence-electron chi connectivity index (χ4n) is 2.60. The summed E-state index contributed by atoms with van der Waals surface area (Å²) in [6, 6.07) is 9.51. The van der Waals surface area contributed by atoms with Gasteiger partial charge in [-0.2, -0.15) is 0 Å². The van der Waals surface area contributed by atoms with Crippen LogP contribution in [0, 0.1) is 0 Å². The number of rotatable bonds is 3. The van der Waals surface area contributed by atoms with E-state index in [1.54, 1.807) is 0 Å². The number of hydrogen-bond acceptors (Lipinski definition) is 3. The zero-order valence-electron chi connectivity index (χ0n) is 11.8. The first-order valence-electron chi connectivity index (χ1n) is 6.85. The second-order valence-electron chi connectivity index (χ2n) is 5.59. The smallest absolute Gasteiger partial charge is 0.0366 e. The molecule has 1 heterocycles. The fraction of sp³-hybridized carbons (Fsp3) is 0.600. The summed E-state index contributed by atoms with van der Waals surface area (Å²) in [6.07, 6.45) is 2.58. The molecule has 2 N–H and O–H groups in total. The Morgan fingerprint density at radius 3 is 2.50 bits per heavy atom. The van der Waals surface area contributed by atoms with Crippen molar-refractivity contribution in [2.24, 2.45) is 5.73 Å². The van der Waals surface area contributed by atoms with Crippen molar-refractivity contribution >= 4 is 5.69 Å². The summed E-state index contributed by atoms with van der Waals surface area (Å²) in [4.78, 5) is 4.82. The number of nitrogens with zero attached hydrogens (tertiary/aromatic N) is 2. The van der Waals surface area contributed by atoms with E-state index in [-0.39, 0.29) is 6.04 Å². The highest BCUT2D eigenvalue weighted by atomic mass is 15.2. The first-order valence-corrected chi connectivity index (χ1v) is 6.85. The van der Waals surface area contributed by atoms with Crippen molar-refractivity contribution in [3.8, 4) is 0 Å². The van der Waals surface area contributed by atoms with Gasteiger partial charge >= 0.3 is 0 Å². The molecule has 1 fully saturated rings. The maximum Gasteiger partial charge on any atom is 0.0366 e. The predicted molar refractivity (Wildman–Crippen MR) is 78.0 cm³/mol. The molecule has 0 amide bonds. The Labute approximate surface area is 111 Å². The van der Waals surface area contributed by atoms with E-state index in [0.717, 1.165) is 6.54 Å². The molecule has 100 valence electrons. The Balaban J connectivity index is 2.06. The van der Waals surface area contributed by atoms with Crippen LogP contribution in [0.25, 0.3) is 0 Å². The topological polar surface area (TPSA) is 32.5 Å². The molecule has 1 aliphatic heterocycles. The normalized spacial score (nSPS) is 22.3. The minimum absolute atomic E-state index is 0.120. The van der Waals surface area contributed by atoms with Gasteiger partial charge in [0.15, 0.2) is 0 Å². The van der Waals surface area contributed by atoms with Crippen molar-refractivity contribution in [1.29, 1.82) is 0 Å². The van der Waals surface area contributed by atoms with E-state index in [1.807, 2.05) is 6.92 Å². The summed E-state index contributed by atoms with van der Waals surface area (Å²) >= 11 is 0. The third-order valence-electron chi connectivity index (χ3n) is 3.91. The van der Waals surface area contributed by atoms with Crippen molar-refractivity contribution in [1.82, 2.24) is 4.90 Å². The van der Waals surface area contributed by atoms with E-state index in [2.05, 4.69) is 48.2 Å². The van der Waals surface area contributed by atoms with Crippen LogP contribution >= 0.6 is 0 Å². The zero-order valence-corrected chi connectivity index (χ0v) is 11.8. The average molecular weight is 247 g/mol. The average Bonchev–Trinajstić information content (AvgIpc) is 2.39. The van der Waals surface area contributed by atoms with Gasteiger partial charge in [0, 0.05) is 30.9 Å². The molecule has 3 nitrogen and oxygen atoms in total. The second-order valence-corrected chi connectivity index (χ2v) is 5.59. The van der Waals surface area contributed by atoms with Crippen LogP contribution in [-0.2, 0) is 0 Å². The molecule has 0 spiro atoms. The van der Waals surface area contributed by atoms with E-state index < -0.39 is 0 Å². The maximum absolute atomic E-state index is 5.88. The zero-order chi connectivity index (χ0) is 13.1. The Bertz CT molecular complexity index is 370. The van der Waals surface area contributed by atoms with Crippen LogP contribution in [0.5, 0.6) is 0 Å². The number of hydrogen-bond donors (Lipinski definition) is 1. The molecule has 2 rings (SSSR count). The Hall–Kier alpha value is -1.06. The molecule has 3 heteroatoms. The fourth-order valence-corrected chi connectivity index (χ4v) is 2.60. The van der Waals surface area contributed by atoms with Gasteiger partial charge < -0.3 is 15.5 Å². The van der Waals surface area contributed by atoms with E-state index >= 15 is 0 Å². The highest BCUT2D eigenvalue weighted by Crippen LogP contribution is 2.23. The third kappa shape index (κ3) is 3.03. The van der Waals surface area contributed by atoms with Gasteiger partial charge in [0.2, 0.25) is 0 Å². The summed E-state index contributed by atoms with van der Waals surface area (Å²) in [7, 11) is 4.35. The Kier molecular flexibility index (Phi) is 4.25. The van der Waals surface area contributed by atoms with Gasteiger partial charge in [-0.15, -0.1) is 0 Å². The molecule has 0 aromatic heterocycles. The Morgan fingerprint density at radius 1 is 1.28 bits per heavy atom. The first kappa shape index (κ1) is 13.4. The standard InChI is InChI=1S/C15H25N3/c1-12(16)13-6-8-14(9-7-13)18-10-4-5-15(11-18)17(2)3/h6-9,12,15H,4-5,10-11,16H2,1-3H3/t12-,15?/m0/s1. The molecule has 1 aliphatic rings. The molecule has 1 aromatic rings. The van der Waals surface area contributed by atoms with Gasteiger partial charge in [0.25, 0.3) is 0 Å². The summed E-state index contributed by atoms with van der Waals surface area (Å²) in [5.74, 6) is 0. The third-order valence-corrected chi connectivity index (χ3v) is 3.91. The van der Waals surface area contributed by atoms with E-state index in [9.17, 15) is 0 Å². The molecule has 0 saturated carbocycles. The monoisotopic (exact) mass is 247 g/mol. The van der Waals surface area contributed by atoms with Crippen LogP contribution in [-0.4, -0.2) is 38.1 Å². The molecule has 1 unspecified atom stereocenters. The van der Waals surface area contributed by atoms with E-state index in [4.69, 9.17) is 5.73 Å². The van der Waals surface area contributed by atoms with Gasteiger partial charge in [-0.1, -0.05) is 12.1 Å². The van der Waals surface area contributed by atoms with Crippen molar-refractivity contribution < 1.29 is 0 Å². The molecular weight excluding hydrogens is 222 g/mol. The lowest BCUT2D eigenvalue weighted by atomic mass is 10.0. The number of benzene rings is 1. The lowest BCUT2D eigenvalue weighted by Gasteiger charge is -2.37. The van der Waals surface area contributed by atoms with Gasteiger partial charge in [0.05, 0.1) is 0 Å². The summed E-state index contributed by atoms with van der Waals surface area (Å²) < 4.78 is 0. The molecule has 18 heavy (non-hydrogen) atoms. The summed E-state index contributed by atoms with van der Waals surface area (Å²) in [6.45, 7) is 4.32. The van der Waals surface area contributed by atoms with Gasteiger partial charge in [-0.25, -0.2) is 0 Å². The highest BCUT2D eigenvalue weighted by molar-refractivity contribution is 5.48. The van der Waals surface area contributed by atoms with Crippen molar-refractivity contribution in [2.75, 3.05) is 32.1 Å². The minimum Gasteiger partial charge on any atom is -0.370 e. The molecule has 1 aromatic carbocycles. The number of anilines is 1. The highest BCUT2D eigenvalue weighted by Gasteiger charge is 2.21. The SMILES string of the molecule is C[C@H](N)c1ccc(N2CCCC(N(C)C)C2)cc1. The van der Waals surface area contributed by atoms with Crippen LogP contribution in [0.3, 0.4) is 0 Å². The van der Waals surface area contributed by atoms with Crippen LogP contribution < -0.4 is 10.6 Å². The predicted octanol–water partition coefficient (Wildman–Crippen LogP) is 2.24. The van der Waals surface area contributed by atoms with E-state index in [1.165, 1.54) is 30.6 Å². The van der Waals surface area contributed by atoms with E-state index in [0.29, 0.717) is 6.04 Å². The van der Waals surface area contributed by atoms with Crippen molar-refractivity contribution in [3.05, 3.63) is 29.8 Å². The van der Waals surface area contributed by atoms with Crippen LogP contribution in [0.1, 0.15) is 31.4 Å². The van der Waals surface area contributed by atoms with Gasteiger partial charge in [-0.05, 0) is 51.6 Å². The quantitative estimate of drug-likeness (QED) is 0.889. The molecule has 0 bridgehead atoms. The summed E-state index contributed by atoms with van der Waals surface area (Å²) in [5, 5.41) is 0. The van der Waals surface area contributed by atoms with Crippen LogP contribution in [0.2, 0.25) is 0 Å². The van der Waals surface area contributed by atoms with Gasteiger partial charge in [-0.3, -0.25) is 0 Å². The molecule has 1 saturated heterocycles.